The van der Waals surface area contributed by atoms with Crippen LogP contribution in [-0.2, 0) is 10.4 Å². The molecule has 0 spiro atoms. The third kappa shape index (κ3) is 36.7. The monoisotopic (exact) mass is 281 g/mol. The molecule has 0 aliphatic heterocycles. The Balaban J connectivity index is -0.0000000904. The van der Waals surface area contributed by atoms with Crippen molar-refractivity contribution >= 4 is 33.5 Å². The van der Waals surface area contributed by atoms with Gasteiger partial charge in [-0.1, -0.05) is 13.2 Å². The van der Waals surface area contributed by atoms with Crippen molar-refractivity contribution in [3.8, 4) is 0 Å². The van der Waals surface area contributed by atoms with Crippen LogP contribution in [0.5, 0.6) is 0 Å². The summed E-state index contributed by atoms with van der Waals surface area (Å²) in [4.78, 5) is 0. The molecule has 16 heavy (non-hydrogen) atoms. The summed E-state index contributed by atoms with van der Waals surface area (Å²) < 4.78 is 35.0. The van der Waals surface area contributed by atoms with Gasteiger partial charge in [-0.3, -0.25) is 8.42 Å². The molecular weight excluding hydrogens is 266 g/mol. The van der Waals surface area contributed by atoms with Crippen LogP contribution in [0.25, 0.3) is 0 Å². The molecule has 0 aromatic heterocycles. The molecule has 0 fully saturated rings. The molecule has 0 aliphatic rings. The molecule has 0 unspecified atom stereocenters. The maximum Gasteiger partial charge on any atom is 2.00 e. The molecule has 0 N–H and O–H groups in total. The molecular formula is C8H16ClMgNO4S. The molecule has 0 saturated carbocycles. The van der Waals surface area contributed by atoms with Gasteiger partial charge >= 0.3 is 23.1 Å². The number of likely N-dealkylation sites (N-methyl/N-ethyl adjacent to an activating group) is 1. The molecule has 0 aliphatic carbocycles. The molecule has 0 aromatic carbocycles. The number of quaternary nitrogens is 1. The SMILES string of the molecule is C=CC[N+](C)(C)CC=C.O=S(=O)([O-])[O-].[Cl-].[Mg+2]. The number of rotatable bonds is 4. The smallest absolute Gasteiger partial charge is 1.00 e. The number of hydrogen-bond donors (Lipinski definition) is 0. The van der Waals surface area contributed by atoms with Crippen molar-refractivity contribution < 1.29 is 34.4 Å². The van der Waals surface area contributed by atoms with Crippen LogP contribution in [0, 0.1) is 0 Å². The van der Waals surface area contributed by atoms with Crippen LogP contribution in [0.4, 0.5) is 0 Å². The van der Waals surface area contributed by atoms with Gasteiger partial charge in [-0.05, 0) is 12.2 Å². The fourth-order valence-electron chi connectivity index (χ4n) is 0.774. The Morgan fingerprint density at radius 2 is 1.31 bits per heavy atom. The third-order valence-electron chi connectivity index (χ3n) is 1.25. The predicted molar refractivity (Wildman–Crippen MR) is 58.5 cm³/mol. The van der Waals surface area contributed by atoms with Gasteiger partial charge in [0.2, 0.25) is 0 Å². The molecule has 0 amide bonds. The first-order valence-corrected chi connectivity index (χ1v) is 5.16. The zero-order valence-corrected chi connectivity index (χ0v) is 12.5. The fourth-order valence-corrected chi connectivity index (χ4v) is 0.774. The van der Waals surface area contributed by atoms with Crippen LogP contribution in [0.15, 0.2) is 25.3 Å². The standard InChI is InChI=1S/C8H16N.ClH.Mg.H2O4S/c1-5-7-9(3,4)8-6-2;;;1-5(2,3)4/h5-6H,1-2,7-8H2,3-4H3;1H;;(H2,1,2,3,4)/q+1;;+2;/p-3. The topological polar surface area (TPSA) is 80.3 Å². The molecule has 8 heteroatoms. The van der Waals surface area contributed by atoms with Gasteiger partial charge in [-0.25, -0.2) is 0 Å². The van der Waals surface area contributed by atoms with Crippen molar-refractivity contribution in [3.05, 3.63) is 25.3 Å². The molecule has 0 radical (unpaired) electrons. The Morgan fingerprint density at radius 1 is 1.12 bits per heavy atom. The third-order valence-corrected chi connectivity index (χ3v) is 1.25. The van der Waals surface area contributed by atoms with E-state index < -0.39 is 10.4 Å². The Hall–Kier alpha value is 0.366. The van der Waals surface area contributed by atoms with Crippen molar-refractivity contribution in [1.29, 1.82) is 0 Å². The van der Waals surface area contributed by atoms with Gasteiger partial charge in [0.15, 0.2) is 0 Å². The first-order chi connectivity index (χ1) is 6.12. The van der Waals surface area contributed by atoms with E-state index in [4.69, 9.17) is 17.5 Å². The normalized spacial score (nSPS) is 9.75. The minimum Gasteiger partial charge on any atom is -1.00 e. The van der Waals surface area contributed by atoms with Gasteiger partial charge in [0.05, 0.1) is 27.2 Å². The molecule has 5 nitrogen and oxygen atoms in total. The van der Waals surface area contributed by atoms with Crippen molar-refractivity contribution in [2.45, 2.75) is 0 Å². The second-order valence-electron chi connectivity index (χ2n) is 3.29. The summed E-state index contributed by atoms with van der Waals surface area (Å²) in [6, 6.07) is 0. The van der Waals surface area contributed by atoms with E-state index >= 15 is 0 Å². The zero-order valence-electron chi connectivity index (χ0n) is 9.56. The molecule has 0 saturated heterocycles. The van der Waals surface area contributed by atoms with Crippen molar-refractivity contribution in [1.82, 2.24) is 0 Å². The van der Waals surface area contributed by atoms with Crippen LogP contribution in [-0.4, -0.2) is 72.2 Å². The van der Waals surface area contributed by atoms with Gasteiger partial charge in [0, 0.05) is 10.4 Å². The van der Waals surface area contributed by atoms with E-state index in [9.17, 15) is 0 Å². The van der Waals surface area contributed by atoms with Gasteiger partial charge in [-0.15, -0.1) is 0 Å². The summed E-state index contributed by atoms with van der Waals surface area (Å²) in [6.45, 7) is 9.37. The molecule has 0 bridgehead atoms. The van der Waals surface area contributed by atoms with Crippen molar-refractivity contribution in [2.75, 3.05) is 27.2 Å². The van der Waals surface area contributed by atoms with E-state index in [1.54, 1.807) is 0 Å². The quantitative estimate of drug-likeness (QED) is 0.178. The number of halogens is 1. The first-order valence-electron chi connectivity index (χ1n) is 3.83. The van der Waals surface area contributed by atoms with E-state index in [0.717, 1.165) is 17.6 Å². The molecule has 92 valence electrons. The first kappa shape index (κ1) is 25.3. The Morgan fingerprint density at radius 3 is 1.44 bits per heavy atom. The van der Waals surface area contributed by atoms with E-state index in [0.29, 0.717) is 0 Å². The van der Waals surface area contributed by atoms with Crippen LogP contribution in [0.1, 0.15) is 0 Å². The Bertz CT molecular complexity index is 260. The summed E-state index contributed by atoms with van der Waals surface area (Å²) >= 11 is 0. The Kier molecular flexibility index (Phi) is 18.7. The fraction of sp³-hybridized carbons (Fsp3) is 0.500. The summed E-state index contributed by atoms with van der Waals surface area (Å²) in [7, 11) is -0.854. The van der Waals surface area contributed by atoms with Crippen LogP contribution in [0.2, 0.25) is 0 Å². The zero-order chi connectivity index (χ0) is 11.8. The Labute approximate surface area is 120 Å². The van der Waals surface area contributed by atoms with Crippen molar-refractivity contribution in [3.63, 3.8) is 0 Å². The van der Waals surface area contributed by atoms with Crippen LogP contribution >= 0.6 is 0 Å². The summed E-state index contributed by atoms with van der Waals surface area (Å²) in [5, 5.41) is 0. The van der Waals surface area contributed by atoms with Gasteiger partial charge in [0.25, 0.3) is 0 Å². The maximum atomic E-state index is 8.52. The molecule has 0 atom stereocenters. The second-order valence-corrected chi connectivity index (χ2v) is 4.10. The van der Waals surface area contributed by atoms with E-state index in [1.165, 1.54) is 0 Å². The molecule has 0 rings (SSSR count). The summed E-state index contributed by atoms with van der Waals surface area (Å²) in [5.41, 5.74) is 0. The largest absolute Gasteiger partial charge is 2.00 e. The second kappa shape index (κ2) is 11.8. The average Bonchev–Trinajstić information content (AvgIpc) is 1.81. The van der Waals surface area contributed by atoms with Crippen molar-refractivity contribution in [2.24, 2.45) is 0 Å². The minimum atomic E-state index is -5.17. The van der Waals surface area contributed by atoms with Gasteiger partial charge in [0.1, 0.15) is 0 Å². The van der Waals surface area contributed by atoms with E-state index in [2.05, 4.69) is 27.3 Å². The van der Waals surface area contributed by atoms with E-state index in [1.807, 2.05) is 12.2 Å². The average molecular weight is 282 g/mol. The van der Waals surface area contributed by atoms with E-state index in [-0.39, 0.29) is 35.5 Å². The molecule has 0 aromatic rings. The number of nitrogens with zero attached hydrogens (tertiary/aromatic N) is 1. The van der Waals surface area contributed by atoms with Gasteiger partial charge < -0.3 is 26.0 Å². The van der Waals surface area contributed by atoms with Crippen LogP contribution in [0.3, 0.4) is 0 Å². The summed E-state index contributed by atoms with van der Waals surface area (Å²) in [5.74, 6) is 0. The van der Waals surface area contributed by atoms with Gasteiger partial charge in [-0.2, -0.15) is 0 Å². The minimum absolute atomic E-state index is 0. The maximum absolute atomic E-state index is 8.52. The predicted octanol–water partition coefficient (Wildman–Crippen LogP) is -3.28. The number of hydrogen-bond acceptors (Lipinski definition) is 4. The molecule has 0 heterocycles. The van der Waals surface area contributed by atoms with Crippen LogP contribution < -0.4 is 12.4 Å². The summed E-state index contributed by atoms with van der Waals surface area (Å²) in [6.07, 6.45) is 3.87.